The first kappa shape index (κ1) is 19.1. The summed E-state index contributed by atoms with van der Waals surface area (Å²) in [6.07, 6.45) is -2.93. The van der Waals surface area contributed by atoms with Crippen LogP contribution < -0.4 is 10.1 Å². The van der Waals surface area contributed by atoms with Crippen LogP contribution in [0.2, 0.25) is 0 Å². The molecular formula is C15H22ClF3N2O. The number of nitrogens with one attached hydrogen (secondary N) is 1. The van der Waals surface area contributed by atoms with Gasteiger partial charge in [-0.15, -0.1) is 25.6 Å². The average Bonchev–Trinajstić information content (AvgIpc) is 2.45. The summed E-state index contributed by atoms with van der Waals surface area (Å²) in [5.41, 5.74) is 0.624. The molecule has 1 heterocycles. The largest absolute Gasteiger partial charge is 0.573 e. The van der Waals surface area contributed by atoms with Gasteiger partial charge in [0.1, 0.15) is 5.75 Å². The summed E-state index contributed by atoms with van der Waals surface area (Å²) in [7, 11) is 0. The van der Waals surface area contributed by atoms with E-state index in [1.807, 2.05) is 6.92 Å². The zero-order valence-electron chi connectivity index (χ0n) is 12.5. The molecule has 0 aliphatic carbocycles. The lowest BCUT2D eigenvalue weighted by molar-refractivity contribution is -0.275. The van der Waals surface area contributed by atoms with Crippen molar-refractivity contribution in [2.45, 2.75) is 32.2 Å². The fourth-order valence-electron chi connectivity index (χ4n) is 2.78. The van der Waals surface area contributed by atoms with Gasteiger partial charge >= 0.3 is 6.36 Å². The van der Waals surface area contributed by atoms with Crippen LogP contribution >= 0.6 is 12.4 Å². The monoisotopic (exact) mass is 338 g/mol. The molecule has 1 aromatic rings. The van der Waals surface area contributed by atoms with Crippen LogP contribution in [0.5, 0.6) is 5.75 Å². The first-order valence-electron chi connectivity index (χ1n) is 7.30. The normalized spacial score (nSPS) is 17.6. The van der Waals surface area contributed by atoms with Crippen LogP contribution in [0.25, 0.3) is 0 Å². The molecule has 22 heavy (non-hydrogen) atoms. The van der Waals surface area contributed by atoms with Gasteiger partial charge in [0.2, 0.25) is 0 Å². The van der Waals surface area contributed by atoms with E-state index in [4.69, 9.17) is 0 Å². The minimum absolute atomic E-state index is 0. The van der Waals surface area contributed by atoms with Gasteiger partial charge < -0.3 is 10.1 Å². The minimum atomic E-state index is -4.66. The fraction of sp³-hybridized carbons (Fsp3) is 0.600. The third-order valence-corrected chi connectivity index (χ3v) is 3.66. The molecule has 1 fully saturated rings. The van der Waals surface area contributed by atoms with E-state index in [0.29, 0.717) is 5.56 Å². The van der Waals surface area contributed by atoms with Crippen LogP contribution in [0.4, 0.5) is 13.2 Å². The second-order valence-electron chi connectivity index (χ2n) is 5.18. The molecule has 1 N–H and O–H groups in total. The summed E-state index contributed by atoms with van der Waals surface area (Å²) in [6, 6.07) is 6.45. The Morgan fingerprint density at radius 1 is 1.23 bits per heavy atom. The number of halogens is 4. The molecule has 0 spiro atoms. The summed E-state index contributed by atoms with van der Waals surface area (Å²) in [5.74, 6) is -0.0815. The Hall–Kier alpha value is -0.980. The Morgan fingerprint density at radius 2 is 1.86 bits per heavy atom. The number of piperazine rings is 1. The maximum atomic E-state index is 12.6. The summed E-state index contributed by atoms with van der Waals surface area (Å²) in [4.78, 5) is 2.23. The number of ether oxygens (including phenoxy) is 1. The smallest absolute Gasteiger partial charge is 0.405 e. The van der Waals surface area contributed by atoms with E-state index in [1.54, 1.807) is 18.2 Å². The molecule has 3 nitrogen and oxygen atoms in total. The molecule has 1 aliphatic heterocycles. The molecule has 1 atom stereocenters. The first-order chi connectivity index (χ1) is 10.0. The quantitative estimate of drug-likeness (QED) is 0.885. The predicted octanol–water partition coefficient (Wildman–Crippen LogP) is 3.75. The van der Waals surface area contributed by atoms with Crippen LogP contribution in [0.15, 0.2) is 24.3 Å². The molecule has 126 valence electrons. The highest BCUT2D eigenvalue weighted by Gasteiger charge is 2.33. The van der Waals surface area contributed by atoms with Gasteiger partial charge in [0, 0.05) is 37.8 Å². The van der Waals surface area contributed by atoms with Crippen molar-refractivity contribution in [2.75, 3.05) is 26.2 Å². The Kier molecular flexibility index (Phi) is 7.45. The van der Waals surface area contributed by atoms with Crippen molar-refractivity contribution in [3.8, 4) is 5.75 Å². The maximum Gasteiger partial charge on any atom is 0.573 e. The first-order valence-corrected chi connectivity index (χ1v) is 7.30. The maximum absolute atomic E-state index is 12.6. The second-order valence-corrected chi connectivity index (χ2v) is 5.18. The number of alkyl halides is 3. The molecule has 2 rings (SSSR count). The van der Waals surface area contributed by atoms with Crippen molar-refractivity contribution in [1.29, 1.82) is 0 Å². The molecule has 0 radical (unpaired) electrons. The van der Waals surface area contributed by atoms with E-state index >= 15 is 0 Å². The van der Waals surface area contributed by atoms with Gasteiger partial charge in [0.25, 0.3) is 0 Å². The molecule has 1 saturated heterocycles. The molecule has 0 unspecified atom stereocenters. The standard InChI is InChI=1S/C15H21F3N2O.ClH/c1-2-5-13(20-10-8-19-9-11-20)12-6-3-4-7-14(12)21-15(16,17)18;/h3-4,6-7,13,19H,2,5,8-11H2,1H3;1H/t13-;/m1./s1. The molecular weight excluding hydrogens is 317 g/mol. The van der Waals surface area contributed by atoms with Crippen LogP contribution in [0.3, 0.4) is 0 Å². The number of para-hydroxylation sites is 1. The summed E-state index contributed by atoms with van der Waals surface area (Å²) < 4.78 is 41.9. The lowest BCUT2D eigenvalue weighted by atomic mass is 9.99. The van der Waals surface area contributed by atoms with Crippen LogP contribution in [-0.4, -0.2) is 37.4 Å². The minimum Gasteiger partial charge on any atom is -0.405 e. The van der Waals surface area contributed by atoms with Crippen molar-refractivity contribution in [2.24, 2.45) is 0 Å². The van der Waals surface area contributed by atoms with Crippen molar-refractivity contribution in [3.63, 3.8) is 0 Å². The third-order valence-electron chi connectivity index (χ3n) is 3.66. The van der Waals surface area contributed by atoms with Crippen molar-refractivity contribution in [3.05, 3.63) is 29.8 Å². The van der Waals surface area contributed by atoms with Gasteiger partial charge in [0.05, 0.1) is 0 Å². The fourth-order valence-corrected chi connectivity index (χ4v) is 2.78. The average molecular weight is 339 g/mol. The molecule has 1 aromatic carbocycles. The van der Waals surface area contributed by atoms with Crippen LogP contribution in [-0.2, 0) is 0 Å². The Labute approximate surface area is 135 Å². The molecule has 7 heteroatoms. The number of hydrogen-bond acceptors (Lipinski definition) is 3. The summed E-state index contributed by atoms with van der Waals surface area (Å²) in [5, 5.41) is 3.26. The second kappa shape index (κ2) is 8.60. The zero-order valence-corrected chi connectivity index (χ0v) is 13.3. The van der Waals surface area contributed by atoms with Crippen molar-refractivity contribution < 1.29 is 17.9 Å². The van der Waals surface area contributed by atoms with Gasteiger partial charge in [-0.25, -0.2) is 0 Å². The van der Waals surface area contributed by atoms with E-state index in [-0.39, 0.29) is 24.2 Å². The zero-order chi connectivity index (χ0) is 15.3. The highest BCUT2D eigenvalue weighted by atomic mass is 35.5. The Bertz CT molecular complexity index is 451. The predicted molar refractivity (Wildman–Crippen MR) is 82.5 cm³/mol. The third kappa shape index (κ3) is 5.34. The van der Waals surface area contributed by atoms with Gasteiger partial charge in [-0.1, -0.05) is 31.5 Å². The van der Waals surface area contributed by atoms with Gasteiger partial charge in [-0.2, -0.15) is 0 Å². The SMILES string of the molecule is CCC[C@H](c1ccccc1OC(F)(F)F)N1CCNCC1.Cl. The highest BCUT2D eigenvalue weighted by molar-refractivity contribution is 5.85. The van der Waals surface area contributed by atoms with Crippen molar-refractivity contribution >= 4 is 12.4 Å². The lowest BCUT2D eigenvalue weighted by Gasteiger charge is -2.35. The Morgan fingerprint density at radius 3 is 2.45 bits per heavy atom. The number of hydrogen-bond donors (Lipinski definition) is 1. The van der Waals surface area contributed by atoms with E-state index in [1.165, 1.54) is 6.07 Å². The highest BCUT2D eigenvalue weighted by Crippen LogP contribution is 2.35. The number of rotatable bonds is 5. The van der Waals surface area contributed by atoms with E-state index < -0.39 is 6.36 Å². The number of nitrogens with zero attached hydrogens (tertiary/aromatic N) is 1. The van der Waals surface area contributed by atoms with Crippen LogP contribution in [0, 0.1) is 0 Å². The number of benzene rings is 1. The summed E-state index contributed by atoms with van der Waals surface area (Å²) in [6.45, 7) is 5.45. The molecule has 0 amide bonds. The van der Waals surface area contributed by atoms with Gasteiger partial charge in [-0.3, -0.25) is 4.90 Å². The molecule has 1 aliphatic rings. The van der Waals surface area contributed by atoms with Crippen LogP contribution in [0.1, 0.15) is 31.4 Å². The van der Waals surface area contributed by atoms with Gasteiger partial charge in [0.15, 0.2) is 0 Å². The van der Waals surface area contributed by atoms with Gasteiger partial charge in [-0.05, 0) is 12.5 Å². The summed E-state index contributed by atoms with van der Waals surface area (Å²) >= 11 is 0. The molecule has 0 aromatic heterocycles. The molecule has 0 saturated carbocycles. The van der Waals surface area contributed by atoms with E-state index in [2.05, 4.69) is 15.0 Å². The lowest BCUT2D eigenvalue weighted by Crippen LogP contribution is -2.45. The molecule has 0 bridgehead atoms. The van der Waals surface area contributed by atoms with E-state index in [9.17, 15) is 13.2 Å². The Balaban J connectivity index is 0.00000242. The van der Waals surface area contributed by atoms with E-state index in [0.717, 1.165) is 39.0 Å². The topological polar surface area (TPSA) is 24.5 Å². The van der Waals surface area contributed by atoms with Crippen molar-refractivity contribution in [1.82, 2.24) is 10.2 Å².